The zero-order valence-electron chi connectivity index (χ0n) is 8.77. The smallest absolute Gasteiger partial charge is 0.362 e. The Kier molecular flexibility index (Phi) is 4.04. The van der Waals surface area contributed by atoms with E-state index in [9.17, 15) is 4.79 Å². The van der Waals surface area contributed by atoms with E-state index in [1.807, 2.05) is 6.92 Å². The third-order valence-electron chi connectivity index (χ3n) is 1.66. The molecule has 15 heavy (non-hydrogen) atoms. The number of anilines is 1. The first-order chi connectivity index (χ1) is 7.20. The van der Waals surface area contributed by atoms with Crippen LogP contribution in [-0.4, -0.2) is 34.2 Å². The maximum absolute atomic E-state index is 11.3. The van der Waals surface area contributed by atoms with E-state index in [-0.39, 0.29) is 24.8 Å². The molecule has 1 aromatic rings. The summed E-state index contributed by atoms with van der Waals surface area (Å²) < 4.78 is 11.1. The van der Waals surface area contributed by atoms with Gasteiger partial charge < -0.3 is 15.2 Å². The summed E-state index contributed by atoms with van der Waals surface area (Å²) in [6, 6.07) is 0. The monoisotopic (exact) mass is 214 g/mol. The number of carbonyl (C=O) groups excluding carboxylic acids is 1. The maximum Gasteiger partial charge on any atom is 0.362 e. The summed E-state index contributed by atoms with van der Waals surface area (Å²) >= 11 is 0. The Morgan fingerprint density at radius 3 is 2.80 bits per heavy atom. The molecule has 0 aliphatic rings. The zero-order chi connectivity index (χ0) is 11.3. The molecule has 0 aliphatic carbocycles. The second-order valence-electron chi connectivity index (χ2n) is 2.67. The zero-order valence-corrected chi connectivity index (χ0v) is 8.77. The van der Waals surface area contributed by atoms with Gasteiger partial charge in [-0.15, -0.1) is 5.10 Å². The Morgan fingerprint density at radius 1 is 1.47 bits per heavy atom. The fourth-order valence-corrected chi connectivity index (χ4v) is 0.938. The van der Waals surface area contributed by atoms with Gasteiger partial charge in [-0.1, -0.05) is 5.21 Å². The van der Waals surface area contributed by atoms with E-state index in [0.717, 1.165) is 0 Å². The summed E-state index contributed by atoms with van der Waals surface area (Å²) in [6.07, 6.45) is 0. The molecule has 1 rings (SSSR count). The fraction of sp³-hybridized carbons (Fsp3) is 0.625. The molecule has 0 amide bonds. The first kappa shape index (κ1) is 11.4. The second-order valence-corrected chi connectivity index (χ2v) is 2.67. The lowest BCUT2D eigenvalue weighted by Gasteiger charge is -2.02. The molecule has 0 atom stereocenters. The molecule has 0 aliphatic heterocycles. The minimum absolute atomic E-state index is 0.0246. The molecule has 0 spiro atoms. The lowest BCUT2D eigenvalue weighted by atomic mass is 10.4. The number of nitrogens with two attached hydrogens (primary N) is 1. The Balaban J connectivity index is 2.74. The molecule has 0 aromatic carbocycles. The van der Waals surface area contributed by atoms with Crippen LogP contribution in [-0.2, 0) is 16.2 Å². The van der Waals surface area contributed by atoms with Crippen LogP contribution in [0.4, 0.5) is 5.82 Å². The lowest BCUT2D eigenvalue weighted by Crippen LogP contribution is -2.11. The van der Waals surface area contributed by atoms with Gasteiger partial charge in [-0.25, -0.2) is 9.48 Å². The minimum atomic E-state index is -0.572. The molecule has 0 bridgehead atoms. The molecular formula is C8H14N4O3. The van der Waals surface area contributed by atoms with E-state index in [1.165, 1.54) is 4.68 Å². The number of hydrogen-bond acceptors (Lipinski definition) is 6. The van der Waals surface area contributed by atoms with Crippen LogP contribution in [0.1, 0.15) is 24.3 Å². The van der Waals surface area contributed by atoms with Gasteiger partial charge in [0.05, 0.1) is 6.61 Å². The van der Waals surface area contributed by atoms with Gasteiger partial charge in [0.2, 0.25) is 5.69 Å². The quantitative estimate of drug-likeness (QED) is 0.695. The van der Waals surface area contributed by atoms with Crippen molar-refractivity contribution < 1.29 is 14.3 Å². The second kappa shape index (κ2) is 5.30. The van der Waals surface area contributed by atoms with Gasteiger partial charge >= 0.3 is 5.97 Å². The molecule has 1 heterocycles. The molecule has 84 valence electrons. The molecule has 0 saturated heterocycles. The standard InChI is InChI=1S/C8H14N4O3/c1-3-14-5-12-7(9)6(10-11-12)8(13)15-4-2/h3-5,9H2,1-2H3. The average Bonchev–Trinajstić information content (AvgIpc) is 2.57. The van der Waals surface area contributed by atoms with Crippen molar-refractivity contribution in [3.8, 4) is 0 Å². The molecular weight excluding hydrogens is 200 g/mol. The number of esters is 1. The normalized spacial score (nSPS) is 10.3. The highest BCUT2D eigenvalue weighted by Gasteiger charge is 2.18. The van der Waals surface area contributed by atoms with Gasteiger partial charge in [0, 0.05) is 6.61 Å². The number of ether oxygens (including phenoxy) is 2. The van der Waals surface area contributed by atoms with Crippen LogP contribution in [0.5, 0.6) is 0 Å². The third-order valence-corrected chi connectivity index (χ3v) is 1.66. The van der Waals surface area contributed by atoms with Gasteiger partial charge in [0.15, 0.2) is 5.82 Å². The molecule has 0 radical (unpaired) electrons. The lowest BCUT2D eigenvalue weighted by molar-refractivity contribution is 0.0520. The molecule has 7 nitrogen and oxygen atoms in total. The highest BCUT2D eigenvalue weighted by atomic mass is 16.5. The number of rotatable bonds is 5. The molecule has 1 aromatic heterocycles. The summed E-state index contributed by atoms with van der Waals surface area (Å²) in [6.45, 7) is 4.54. The van der Waals surface area contributed by atoms with Crippen LogP contribution < -0.4 is 5.73 Å². The van der Waals surface area contributed by atoms with Crippen LogP contribution >= 0.6 is 0 Å². The van der Waals surface area contributed by atoms with Crippen molar-refractivity contribution in [2.24, 2.45) is 0 Å². The van der Waals surface area contributed by atoms with Gasteiger partial charge in [0.25, 0.3) is 0 Å². The predicted octanol–water partition coefficient (Wildman–Crippen LogP) is 0.0310. The third kappa shape index (κ3) is 2.66. The molecule has 0 unspecified atom stereocenters. The number of hydrogen-bond donors (Lipinski definition) is 1. The van der Waals surface area contributed by atoms with Crippen LogP contribution in [0, 0.1) is 0 Å². The molecule has 0 fully saturated rings. The molecule has 7 heteroatoms. The van der Waals surface area contributed by atoms with Gasteiger partial charge in [0.1, 0.15) is 6.73 Å². The topological polar surface area (TPSA) is 92.3 Å². The van der Waals surface area contributed by atoms with Crippen LogP contribution in [0.3, 0.4) is 0 Å². The van der Waals surface area contributed by atoms with E-state index in [2.05, 4.69) is 10.3 Å². The average molecular weight is 214 g/mol. The van der Waals surface area contributed by atoms with E-state index in [0.29, 0.717) is 6.61 Å². The number of carbonyl (C=O) groups is 1. The van der Waals surface area contributed by atoms with Crippen molar-refractivity contribution in [1.82, 2.24) is 15.0 Å². The number of aromatic nitrogens is 3. The minimum Gasteiger partial charge on any atom is -0.461 e. The number of nitrogen functional groups attached to an aromatic ring is 1. The maximum atomic E-state index is 11.3. The van der Waals surface area contributed by atoms with E-state index in [4.69, 9.17) is 15.2 Å². The Bertz CT molecular complexity index is 337. The van der Waals surface area contributed by atoms with Gasteiger partial charge in [-0.05, 0) is 13.8 Å². The highest BCUT2D eigenvalue weighted by molar-refractivity contribution is 5.91. The summed E-state index contributed by atoms with van der Waals surface area (Å²) in [4.78, 5) is 11.3. The Labute approximate surface area is 87.1 Å². The van der Waals surface area contributed by atoms with Gasteiger partial charge in [-0.2, -0.15) is 0 Å². The SMILES string of the molecule is CCOCn1nnc(C(=O)OCC)c1N. The van der Waals surface area contributed by atoms with E-state index in [1.54, 1.807) is 6.92 Å². The first-order valence-electron chi connectivity index (χ1n) is 4.64. The van der Waals surface area contributed by atoms with Crippen molar-refractivity contribution in [2.75, 3.05) is 18.9 Å². The highest BCUT2D eigenvalue weighted by Crippen LogP contribution is 2.08. The van der Waals surface area contributed by atoms with Crippen molar-refractivity contribution >= 4 is 11.8 Å². The van der Waals surface area contributed by atoms with Crippen molar-refractivity contribution in [1.29, 1.82) is 0 Å². The van der Waals surface area contributed by atoms with Crippen molar-refractivity contribution in [3.05, 3.63) is 5.69 Å². The summed E-state index contributed by atoms with van der Waals surface area (Å²) in [7, 11) is 0. The van der Waals surface area contributed by atoms with Crippen molar-refractivity contribution in [2.45, 2.75) is 20.6 Å². The fourth-order valence-electron chi connectivity index (χ4n) is 0.938. The van der Waals surface area contributed by atoms with E-state index < -0.39 is 5.97 Å². The summed E-state index contributed by atoms with van der Waals surface area (Å²) in [5.74, 6) is -0.417. The molecule has 2 N–H and O–H groups in total. The summed E-state index contributed by atoms with van der Waals surface area (Å²) in [5, 5.41) is 7.29. The molecule has 0 saturated carbocycles. The number of nitrogens with zero attached hydrogens (tertiary/aromatic N) is 3. The summed E-state index contributed by atoms with van der Waals surface area (Å²) in [5.41, 5.74) is 5.66. The Morgan fingerprint density at radius 2 is 2.20 bits per heavy atom. The van der Waals surface area contributed by atoms with Crippen LogP contribution in [0.2, 0.25) is 0 Å². The van der Waals surface area contributed by atoms with Crippen LogP contribution in [0.25, 0.3) is 0 Å². The largest absolute Gasteiger partial charge is 0.461 e. The van der Waals surface area contributed by atoms with Crippen molar-refractivity contribution in [3.63, 3.8) is 0 Å². The Hall–Kier alpha value is -1.63. The first-order valence-corrected chi connectivity index (χ1v) is 4.64. The van der Waals surface area contributed by atoms with E-state index >= 15 is 0 Å². The van der Waals surface area contributed by atoms with Crippen LogP contribution in [0.15, 0.2) is 0 Å². The predicted molar refractivity (Wildman–Crippen MR) is 52.0 cm³/mol. The van der Waals surface area contributed by atoms with Gasteiger partial charge in [-0.3, -0.25) is 0 Å².